The van der Waals surface area contributed by atoms with Crippen molar-refractivity contribution < 1.29 is 4.79 Å². The van der Waals surface area contributed by atoms with Crippen LogP contribution in [0.5, 0.6) is 0 Å². The van der Waals surface area contributed by atoms with Gasteiger partial charge in [-0.05, 0) is 51.0 Å². The third-order valence-electron chi connectivity index (χ3n) is 4.70. The molecule has 2 N–H and O–H groups in total. The van der Waals surface area contributed by atoms with Gasteiger partial charge in [0.25, 0.3) is 0 Å². The Balaban J connectivity index is 1.71. The highest BCUT2D eigenvalue weighted by Crippen LogP contribution is 2.29. The Hall–Kier alpha value is -3.21. The number of fused-ring (bicyclic) bond motifs is 1. The Morgan fingerprint density at radius 1 is 0.778 bits per heavy atom. The highest BCUT2D eigenvalue weighted by Gasteiger charge is 2.24. The number of carbonyl (C=O) groups excluding carboxylic acids is 1. The fraction of sp³-hybridized carbons (Fsp3) is 0.227. The van der Waals surface area contributed by atoms with Gasteiger partial charge in [0.1, 0.15) is 5.82 Å². The summed E-state index contributed by atoms with van der Waals surface area (Å²) in [4.78, 5) is 21.7. The molecule has 1 aromatic heterocycles. The molecule has 0 aliphatic heterocycles. The van der Waals surface area contributed by atoms with E-state index in [2.05, 4.69) is 20.6 Å². The molecule has 2 aromatic carbocycles. The first-order valence-electron chi connectivity index (χ1n) is 9.20. The normalized spacial score (nSPS) is 13.2. The van der Waals surface area contributed by atoms with Crippen LogP contribution in [0.25, 0.3) is 0 Å². The smallest absolute Gasteiger partial charge is 0.229 e. The van der Waals surface area contributed by atoms with Crippen molar-refractivity contribution in [3.63, 3.8) is 0 Å². The quantitative estimate of drug-likeness (QED) is 0.679. The number of benzene rings is 2. The minimum Gasteiger partial charge on any atom is -0.339 e. The van der Waals surface area contributed by atoms with Gasteiger partial charge < -0.3 is 10.6 Å². The number of hydrogen-bond acceptors (Lipinski definition) is 5. The summed E-state index contributed by atoms with van der Waals surface area (Å²) in [5.74, 6) is 1.18. The molecule has 0 radical (unpaired) electrons. The summed E-state index contributed by atoms with van der Waals surface area (Å²) in [5.41, 5.74) is 5.63. The van der Waals surface area contributed by atoms with Gasteiger partial charge in [0.2, 0.25) is 5.95 Å². The van der Waals surface area contributed by atoms with E-state index in [1.165, 1.54) is 11.1 Å². The summed E-state index contributed by atoms with van der Waals surface area (Å²) in [5, 5.41) is 6.57. The Bertz CT molecular complexity index is 978. The predicted octanol–water partition coefficient (Wildman–Crippen LogP) is 5.10. The van der Waals surface area contributed by atoms with Gasteiger partial charge in [0, 0.05) is 17.8 Å². The van der Waals surface area contributed by atoms with E-state index in [1.807, 2.05) is 62.4 Å². The molecule has 0 amide bonds. The van der Waals surface area contributed by atoms with E-state index in [0.29, 0.717) is 23.8 Å². The van der Waals surface area contributed by atoms with E-state index in [1.54, 1.807) is 0 Å². The SMILES string of the molecule is Cc1ccc(Nc2nc3c(c(Nc4ccc(C)cc4)n2)C(=O)CCC3)cc1. The summed E-state index contributed by atoms with van der Waals surface area (Å²) < 4.78 is 0. The van der Waals surface area contributed by atoms with E-state index < -0.39 is 0 Å². The number of Topliss-reactive ketones (excluding diaryl/α,β-unsaturated/α-hetero) is 1. The molecule has 27 heavy (non-hydrogen) atoms. The number of aryl methyl sites for hydroxylation is 3. The molecule has 0 unspecified atom stereocenters. The van der Waals surface area contributed by atoms with Crippen LogP contribution in [-0.2, 0) is 6.42 Å². The molecule has 0 fully saturated rings. The molecule has 0 atom stereocenters. The Morgan fingerprint density at radius 3 is 2.00 bits per heavy atom. The number of carbonyl (C=O) groups is 1. The van der Waals surface area contributed by atoms with Crippen molar-refractivity contribution >= 4 is 28.9 Å². The van der Waals surface area contributed by atoms with Crippen molar-refractivity contribution in [2.45, 2.75) is 33.1 Å². The lowest BCUT2D eigenvalue weighted by Crippen LogP contribution is -2.17. The fourth-order valence-corrected chi connectivity index (χ4v) is 3.21. The minimum atomic E-state index is 0.104. The zero-order chi connectivity index (χ0) is 18.8. The average Bonchev–Trinajstić information content (AvgIpc) is 2.65. The first kappa shape index (κ1) is 17.2. The van der Waals surface area contributed by atoms with Crippen molar-refractivity contribution in [1.29, 1.82) is 0 Å². The van der Waals surface area contributed by atoms with Crippen LogP contribution >= 0.6 is 0 Å². The molecule has 5 nitrogen and oxygen atoms in total. The highest BCUT2D eigenvalue weighted by atomic mass is 16.1. The van der Waals surface area contributed by atoms with Gasteiger partial charge in [-0.25, -0.2) is 4.98 Å². The van der Waals surface area contributed by atoms with Crippen molar-refractivity contribution in [2.75, 3.05) is 10.6 Å². The number of anilines is 4. The first-order valence-corrected chi connectivity index (χ1v) is 9.20. The van der Waals surface area contributed by atoms with Gasteiger partial charge in [-0.1, -0.05) is 35.4 Å². The molecule has 0 saturated carbocycles. The molecule has 136 valence electrons. The lowest BCUT2D eigenvalue weighted by atomic mass is 9.95. The van der Waals surface area contributed by atoms with Crippen molar-refractivity contribution in [3.05, 3.63) is 70.9 Å². The predicted molar refractivity (Wildman–Crippen MR) is 108 cm³/mol. The largest absolute Gasteiger partial charge is 0.339 e. The maximum Gasteiger partial charge on any atom is 0.229 e. The summed E-state index contributed by atoms with van der Waals surface area (Å²) >= 11 is 0. The third-order valence-corrected chi connectivity index (χ3v) is 4.70. The van der Waals surface area contributed by atoms with Gasteiger partial charge in [-0.15, -0.1) is 0 Å². The second kappa shape index (κ2) is 7.19. The number of ketones is 1. The molecule has 5 heteroatoms. The third kappa shape index (κ3) is 3.82. The maximum absolute atomic E-state index is 12.5. The van der Waals surface area contributed by atoms with Crippen molar-refractivity contribution in [2.24, 2.45) is 0 Å². The Labute approximate surface area is 158 Å². The molecule has 0 bridgehead atoms. The molecular formula is C22H22N4O. The highest BCUT2D eigenvalue weighted by molar-refractivity contribution is 6.03. The van der Waals surface area contributed by atoms with E-state index in [4.69, 9.17) is 0 Å². The van der Waals surface area contributed by atoms with Gasteiger partial charge in [0.05, 0.1) is 11.3 Å². The Kier molecular flexibility index (Phi) is 4.59. The van der Waals surface area contributed by atoms with Crippen LogP contribution in [0.15, 0.2) is 48.5 Å². The molecule has 1 heterocycles. The molecule has 0 spiro atoms. The molecule has 1 aliphatic carbocycles. The van der Waals surface area contributed by atoms with Crippen molar-refractivity contribution in [1.82, 2.24) is 9.97 Å². The van der Waals surface area contributed by atoms with E-state index in [9.17, 15) is 4.79 Å². The maximum atomic E-state index is 12.5. The lowest BCUT2D eigenvalue weighted by molar-refractivity contribution is 0.0972. The van der Waals surface area contributed by atoms with Crippen molar-refractivity contribution in [3.8, 4) is 0 Å². The molecule has 3 aromatic rings. The fourth-order valence-electron chi connectivity index (χ4n) is 3.21. The van der Waals surface area contributed by atoms with Gasteiger partial charge in [-0.2, -0.15) is 4.98 Å². The second-order valence-electron chi connectivity index (χ2n) is 6.98. The van der Waals surface area contributed by atoms with Gasteiger partial charge in [0.15, 0.2) is 5.78 Å². The summed E-state index contributed by atoms with van der Waals surface area (Å²) in [6.07, 6.45) is 2.16. The van der Waals surface area contributed by atoms with E-state index >= 15 is 0 Å². The van der Waals surface area contributed by atoms with Crippen LogP contribution in [0, 0.1) is 13.8 Å². The standard InChI is InChI=1S/C22H22N4O/c1-14-6-10-16(11-7-14)23-21-20-18(4-3-5-19(20)27)25-22(26-21)24-17-12-8-15(2)9-13-17/h6-13H,3-5H2,1-2H3,(H2,23,24,25,26). The van der Waals surface area contributed by atoms with Crippen LogP contribution in [0.2, 0.25) is 0 Å². The van der Waals surface area contributed by atoms with Crippen LogP contribution < -0.4 is 10.6 Å². The number of nitrogens with one attached hydrogen (secondary N) is 2. The number of rotatable bonds is 4. The summed E-state index contributed by atoms with van der Waals surface area (Å²) in [7, 11) is 0. The number of hydrogen-bond donors (Lipinski definition) is 2. The van der Waals surface area contributed by atoms with Crippen LogP contribution in [-0.4, -0.2) is 15.8 Å². The van der Waals surface area contributed by atoms with E-state index in [-0.39, 0.29) is 5.78 Å². The zero-order valence-corrected chi connectivity index (χ0v) is 15.5. The molecular weight excluding hydrogens is 336 g/mol. The minimum absolute atomic E-state index is 0.104. The average molecular weight is 358 g/mol. The number of nitrogens with zero attached hydrogens (tertiary/aromatic N) is 2. The van der Waals surface area contributed by atoms with Crippen LogP contribution in [0.4, 0.5) is 23.1 Å². The van der Waals surface area contributed by atoms with Gasteiger partial charge >= 0.3 is 0 Å². The molecule has 4 rings (SSSR count). The zero-order valence-electron chi connectivity index (χ0n) is 15.5. The van der Waals surface area contributed by atoms with E-state index in [0.717, 1.165) is 29.9 Å². The number of aromatic nitrogens is 2. The topological polar surface area (TPSA) is 66.9 Å². The van der Waals surface area contributed by atoms with Crippen LogP contribution in [0.3, 0.4) is 0 Å². The van der Waals surface area contributed by atoms with Gasteiger partial charge in [-0.3, -0.25) is 4.79 Å². The first-order chi connectivity index (χ1) is 13.1. The monoisotopic (exact) mass is 358 g/mol. The second-order valence-corrected chi connectivity index (χ2v) is 6.98. The Morgan fingerprint density at radius 2 is 1.37 bits per heavy atom. The van der Waals surface area contributed by atoms with Crippen LogP contribution in [0.1, 0.15) is 40.0 Å². The summed E-state index contributed by atoms with van der Waals surface area (Å²) in [6.45, 7) is 4.10. The summed E-state index contributed by atoms with van der Waals surface area (Å²) in [6, 6.07) is 16.1. The lowest BCUT2D eigenvalue weighted by Gasteiger charge is -2.19. The molecule has 1 aliphatic rings. The molecule has 0 saturated heterocycles.